The highest BCUT2D eigenvalue weighted by atomic mass is 35.5. The Labute approximate surface area is 231 Å². The predicted molar refractivity (Wildman–Crippen MR) is 145 cm³/mol. The van der Waals surface area contributed by atoms with Crippen LogP contribution in [0.5, 0.6) is 0 Å². The molecule has 0 aromatic heterocycles. The van der Waals surface area contributed by atoms with Crippen LogP contribution in [0, 0.1) is 5.82 Å². The summed E-state index contributed by atoms with van der Waals surface area (Å²) in [7, 11) is -3.97. The lowest BCUT2D eigenvalue weighted by Crippen LogP contribution is -2.53. The average molecular weight is 593 g/mol. The molecule has 12 heteroatoms. The third-order valence-electron chi connectivity index (χ3n) is 6.31. The molecule has 0 unspecified atom stereocenters. The van der Waals surface area contributed by atoms with Crippen molar-refractivity contribution in [2.45, 2.75) is 57.7 Å². The van der Waals surface area contributed by atoms with Gasteiger partial charge in [0, 0.05) is 22.6 Å². The van der Waals surface area contributed by atoms with Gasteiger partial charge in [0.15, 0.2) is 0 Å². The highest BCUT2D eigenvalue weighted by Crippen LogP contribution is 2.27. The summed E-state index contributed by atoms with van der Waals surface area (Å²) in [6, 6.07) is 7.34. The molecule has 3 rings (SSSR count). The van der Waals surface area contributed by atoms with Gasteiger partial charge in [0.05, 0.1) is 17.0 Å². The van der Waals surface area contributed by atoms with Gasteiger partial charge < -0.3 is 10.2 Å². The summed E-state index contributed by atoms with van der Waals surface area (Å²) in [6.45, 7) is 1.10. The van der Waals surface area contributed by atoms with E-state index in [1.54, 1.807) is 19.1 Å². The first kappa shape index (κ1) is 29.5. The molecule has 2 aromatic rings. The van der Waals surface area contributed by atoms with Crippen LogP contribution in [0.2, 0.25) is 15.1 Å². The van der Waals surface area contributed by atoms with Crippen molar-refractivity contribution in [3.63, 3.8) is 0 Å². The number of rotatable bonds is 10. The summed E-state index contributed by atoms with van der Waals surface area (Å²) < 4.78 is 39.8. The second-order valence-electron chi connectivity index (χ2n) is 9.04. The standard InChI is InChI=1S/C25H29Cl3FN3O4S/c1-3-23(25(34)30-18-6-4-5-7-18)31(14-16-8-9-17(26)12-20(16)27)24(33)15-32(37(2,35)36)19-10-11-22(29)21(28)13-19/h8-13,18,23H,3-7,14-15H2,1-2H3,(H,30,34)/t23-/m0/s1. The number of halogens is 4. The van der Waals surface area contributed by atoms with Gasteiger partial charge in [-0.05, 0) is 55.2 Å². The number of amides is 2. The largest absolute Gasteiger partial charge is 0.352 e. The summed E-state index contributed by atoms with van der Waals surface area (Å²) in [5, 5.41) is 3.46. The fraction of sp³-hybridized carbons (Fsp3) is 0.440. The number of carbonyl (C=O) groups excluding carboxylic acids is 2. The SMILES string of the molecule is CC[C@@H](C(=O)NC1CCCC1)N(Cc1ccc(Cl)cc1Cl)C(=O)CN(c1ccc(F)c(Cl)c1)S(C)(=O)=O. The molecule has 0 bridgehead atoms. The summed E-state index contributed by atoms with van der Waals surface area (Å²) in [6.07, 6.45) is 5.00. The number of nitrogens with zero attached hydrogens (tertiary/aromatic N) is 2. The number of hydrogen-bond acceptors (Lipinski definition) is 4. The molecular formula is C25H29Cl3FN3O4S. The zero-order valence-electron chi connectivity index (χ0n) is 20.5. The molecule has 1 saturated carbocycles. The fourth-order valence-corrected chi connectivity index (χ4v) is 5.86. The number of sulfonamides is 1. The third-order valence-corrected chi connectivity index (χ3v) is 8.33. The van der Waals surface area contributed by atoms with Crippen molar-refractivity contribution >= 4 is 62.3 Å². The molecule has 1 N–H and O–H groups in total. The van der Waals surface area contributed by atoms with Crippen LogP contribution in [0.1, 0.15) is 44.6 Å². The van der Waals surface area contributed by atoms with Crippen LogP contribution in [-0.4, -0.2) is 50.0 Å². The predicted octanol–water partition coefficient (Wildman–Crippen LogP) is 5.42. The highest BCUT2D eigenvalue weighted by Gasteiger charge is 2.33. The van der Waals surface area contributed by atoms with E-state index in [1.165, 1.54) is 17.0 Å². The molecule has 2 aromatic carbocycles. The second kappa shape index (κ2) is 12.7. The number of nitrogens with one attached hydrogen (secondary N) is 1. The summed E-state index contributed by atoms with van der Waals surface area (Å²) in [5.74, 6) is -1.67. The van der Waals surface area contributed by atoms with Crippen LogP contribution in [0.25, 0.3) is 0 Å². The zero-order valence-corrected chi connectivity index (χ0v) is 23.6. The van der Waals surface area contributed by atoms with E-state index in [2.05, 4.69) is 5.32 Å². The molecule has 0 saturated heterocycles. The van der Waals surface area contributed by atoms with Gasteiger partial charge in [0.1, 0.15) is 18.4 Å². The Morgan fingerprint density at radius 1 is 1.08 bits per heavy atom. The van der Waals surface area contributed by atoms with Gasteiger partial charge in [-0.2, -0.15) is 0 Å². The minimum absolute atomic E-state index is 0.0233. The van der Waals surface area contributed by atoms with E-state index in [-0.39, 0.29) is 35.6 Å². The first-order chi connectivity index (χ1) is 17.4. The Kier molecular flexibility index (Phi) is 10.1. The van der Waals surface area contributed by atoms with E-state index >= 15 is 0 Å². The normalized spacial score (nSPS) is 14.9. The maximum Gasteiger partial charge on any atom is 0.244 e. The van der Waals surface area contributed by atoms with Gasteiger partial charge >= 0.3 is 0 Å². The van der Waals surface area contributed by atoms with Gasteiger partial charge in [-0.3, -0.25) is 13.9 Å². The van der Waals surface area contributed by atoms with Gasteiger partial charge in [-0.25, -0.2) is 12.8 Å². The Bertz CT molecular complexity index is 1260. The molecule has 1 fully saturated rings. The average Bonchev–Trinajstić information content (AvgIpc) is 3.32. The molecule has 37 heavy (non-hydrogen) atoms. The number of benzene rings is 2. The Balaban J connectivity index is 1.96. The number of carbonyl (C=O) groups is 2. The minimum atomic E-state index is -3.97. The van der Waals surface area contributed by atoms with Crippen molar-refractivity contribution in [3.8, 4) is 0 Å². The van der Waals surface area contributed by atoms with Crippen molar-refractivity contribution in [1.82, 2.24) is 10.2 Å². The molecule has 2 amide bonds. The maximum absolute atomic E-state index is 13.7. The molecule has 0 heterocycles. The van der Waals surface area contributed by atoms with E-state index in [0.717, 1.165) is 48.4 Å². The maximum atomic E-state index is 13.7. The lowest BCUT2D eigenvalue weighted by molar-refractivity contribution is -0.140. The Hall–Kier alpha value is -2.07. The topological polar surface area (TPSA) is 86.8 Å². The van der Waals surface area contributed by atoms with Crippen molar-refractivity contribution in [2.75, 3.05) is 17.1 Å². The van der Waals surface area contributed by atoms with Gasteiger partial charge in [-0.1, -0.05) is 60.6 Å². The molecule has 0 spiro atoms. The van der Waals surface area contributed by atoms with E-state index in [9.17, 15) is 22.4 Å². The van der Waals surface area contributed by atoms with Crippen LogP contribution in [0.4, 0.5) is 10.1 Å². The highest BCUT2D eigenvalue weighted by molar-refractivity contribution is 7.92. The van der Waals surface area contributed by atoms with Crippen molar-refractivity contribution in [1.29, 1.82) is 0 Å². The van der Waals surface area contributed by atoms with Gasteiger partial charge in [-0.15, -0.1) is 0 Å². The molecule has 1 atom stereocenters. The van der Waals surface area contributed by atoms with Crippen LogP contribution >= 0.6 is 34.8 Å². The van der Waals surface area contributed by atoms with Gasteiger partial charge in [0.2, 0.25) is 21.8 Å². The third kappa shape index (κ3) is 7.72. The molecular weight excluding hydrogens is 564 g/mol. The van der Waals surface area contributed by atoms with Crippen molar-refractivity contribution in [3.05, 3.63) is 62.8 Å². The molecule has 202 valence electrons. The fourth-order valence-electron chi connectivity index (χ4n) is 4.37. The van der Waals surface area contributed by atoms with Gasteiger partial charge in [0.25, 0.3) is 0 Å². The van der Waals surface area contributed by atoms with E-state index in [1.807, 2.05) is 0 Å². The Morgan fingerprint density at radius 2 is 1.76 bits per heavy atom. The monoisotopic (exact) mass is 591 g/mol. The zero-order chi connectivity index (χ0) is 27.3. The van der Waals surface area contributed by atoms with Crippen LogP contribution in [0.3, 0.4) is 0 Å². The summed E-state index contributed by atoms with van der Waals surface area (Å²) >= 11 is 18.3. The van der Waals surface area contributed by atoms with E-state index < -0.39 is 34.3 Å². The van der Waals surface area contributed by atoms with Crippen LogP contribution in [0.15, 0.2) is 36.4 Å². The van der Waals surface area contributed by atoms with Crippen LogP contribution in [-0.2, 0) is 26.2 Å². The van der Waals surface area contributed by atoms with E-state index in [0.29, 0.717) is 15.6 Å². The van der Waals surface area contributed by atoms with E-state index in [4.69, 9.17) is 34.8 Å². The summed E-state index contributed by atoms with van der Waals surface area (Å²) in [5.41, 5.74) is 0.567. The van der Waals surface area contributed by atoms with Crippen LogP contribution < -0.4 is 9.62 Å². The smallest absolute Gasteiger partial charge is 0.244 e. The van der Waals surface area contributed by atoms with Crippen molar-refractivity contribution < 1.29 is 22.4 Å². The summed E-state index contributed by atoms with van der Waals surface area (Å²) in [4.78, 5) is 28.3. The van der Waals surface area contributed by atoms with Crippen molar-refractivity contribution in [2.24, 2.45) is 0 Å². The minimum Gasteiger partial charge on any atom is -0.352 e. The molecule has 0 aliphatic heterocycles. The Morgan fingerprint density at radius 3 is 2.32 bits per heavy atom. The molecule has 7 nitrogen and oxygen atoms in total. The molecule has 1 aliphatic carbocycles. The first-order valence-corrected chi connectivity index (χ1v) is 14.9. The molecule has 1 aliphatic rings. The quantitative estimate of drug-likeness (QED) is 0.399. The lowest BCUT2D eigenvalue weighted by Gasteiger charge is -2.33. The number of hydrogen-bond donors (Lipinski definition) is 1. The lowest BCUT2D eigenvalue weighted by atomic mass is 10.1. The first-order valence-electron chi connectivity index (χ1n) is 11.9. The second-order valence-corrected chi connectivity index (χ2v) is 12.2. The number of anilines is 1. The molecule has 0 radical (unpaired) electrons.